The standard InChI is InChI=1S/C17H32N2O2/c1-2-16-12-19(10-11-21-16)9-7-14-4-3-8-17(14,13-20)18-15-5-6-15/h14-16,18,20H,2-13H2,1H3. The number of hydrogen-bond acceptors (Lipinski definition) is 4. The molecule has 4 heteroatoms. The van der Waals surface area contributed by atoms with Crippen molar-refractivity contribution in [2.24, 2.45) is 5.92 Å². The summed E-state index contributed by atoms with van der Waals surface area (Å²) in [5.74, 6) is 0.644. The lowest BCUT2D eigenvalue weighted by Gasteiger charge is -2.38. The second-order valence-electron chi connectivity index (χ2n) is 7.31. The lowest BCUT2D eigenvalue weighted by molar-refractivity contribution is -0.0323. The Labute approximate surface area is 129 Å². The maximum Gasteiger partial charge on any atom is 0.0700 e. The molecule has 1 heterocycles. The summed E-state index contributed by atoms with van der Waals surface area (Å²) in [5.41, 5.74) is 0.0254. The highest BCUT2D eigenvalue weighted by Crippen LogP contribution is 2.40. The van der Waals surface area contributed by atoms with Gasteiger partial charge in [0.2, 0.25) is 0 Å². The smallest absolute Gasteiger partial charge is 0.0700 e. The van der Waals surface area contributed by atoms with E-state index in [4.69, 9.17) is 4.74 Å². The van der Waals surface area contributed by atoms with Crippen molar-refractivity contribution in [2.75, 3.05) is 32.8 Å². The maximum absolute atomic E-state index is 9.98. The Kier molecular flexibility index (Phi) is 5.20. The second kappa shape index (κ2) is 6.95. The van der Waals surface area contributed by atoms with Gasteiger partial charge < -0.3 is 15.2 Å². The van der Waals surface area contributed by atoms with Crippen LogP contribution in [0, 0.1) is 5.92 Å². The third-order valence-corrected chi connectivity index (χ3v) is 5.78. The maximum atomic E-state index is 9.98. The van der Waals surface area contributed by atoms with Crippen molar-refractivity contribution in [3.63, 3.8) is 0 Å². The van der Waals surface area contributed by atoms with Crippen molar-refractivity contribution in [2.45, 2.75) is 69.6 Å². The van der Waals surface area contributed by atoms with Crippen LogP contribution < -0.4 is 5.32 Å². The van der Waals surface area contributed by atoms with Gasteiger partial charge in [-0.05, 0) is 51.0 Å². The fourth-order valence-electron chi connectivity index (χ4n) is 4.21. The number of hydrogen-bond donors (Lipinski definition) is 2. The van der Waals surface area contributed by atoms with Crippen molar-refractivity contribution >= 4 is 0 Å². The molecule has 3 unspecified atom stereocenters. The third-order valence-electron chi connectivity index (χ3n) is 5.78. The van der Waals surface area contributed by atoms with Gasteiger partial charge in [0.15, 0.2) is 0 Å². The quantitative estimate of drug-likeness (QED) is 0.751. The minimum atomic E-state index is 0.0254. The number of rotatable bonds is 7. The molecule has 3 aliphatic rings. The molecule has 3 rings (SSSR count). The van der Waals surface area contributed by atoms with Crippen LogP contribution in [0.15, 0.2) is 0 Å². The summed E-state index contributed by atoms with van der Waals surface area (Å²) >= 11 is 0. The summed E-state index contributed by atoms with van der Waals surface area (Å²) in [6.07, 6.45) is 9.07. The predicted octanol–water partition coefficient (Wildman–Crippen LogP) is 1.77. The predicted molar refractivity (Wildman–Crippen MR) is 84.4 cm³/mol. The average Bonchev–Trinajstić information content (AvgIpc) is 3.24. The normalized spacial score (nSPS) is 38.0. The molecule has 1 saturated heterocycles. The van der Waals surface area contributed by atoms with Crippen LogP contribution in [0.4, 0.5) is 0 Å². The minimum Gasteiger partial charge on any atom is -0.394 e. The van der Waals surface area contributed by atoms with Crippen molar-refractivity contribution in [1.29, 1.82) is 0 Å². The van der Waals surface area contributed by atoms with Crippen LogP contribution in [-0.2, 0) is 4.74 Å². The molecular formula is C17H32N2O2. The molecule has 0 spiro atoms. The Balaban J connectivity index is 1.51. The zero-order valence-corrected chi connectivity index (χ0v) is 13.5. The van der Waals surface area contributed by atoms with Gasteiger partial charge in [0, 0.05) is 24.7 Å². The van der Waals surface area contributed by atoms with E-state index in [2.05, 4.69) is 17.1 Å². The van der Waals surface area contributed by atoms with Gasteiger partial charge in [-0.1, -0.05) is 13.3 Å². The van der Waals surface area contributed by atoms with E-state index >= 15 is 0 Å². The second-order valence-corrected chi connectivity index (χ2v) is 7.31. The van der Waals surface area contributed by atoms with Crippen LogP contribution in [0.1, 0.15) is 51.9 Å². The summed E-state index contributed by atoms with van der Waals surface area (Å²) < 4.78 is 5.76. The van der Waals surface area contributed by atoms with Gasteiger partial charge in [-0.15, -0.1) is 0 Å². The first-order valence-corrected chi connectivity index (χ1v) is 8.98. The molecule has 3 atom stereocenters. The van der Waals surface area contributed by atoms with Gasteiger partial charge in [0.05, 0.1) is 19.3 Å². The molecule has 0 aromatic rings. The van der Waals surface area contributed by atoms with Crippen LogP contribution in [0.3, 0.4) is 0 Å². The van der Waals surface area contributed by atoms with Crippen molar-refractivity contribution in [1.82, 2.24) is 10.2 Å². The molecule has 1 aliphatic heterocycles. The van der Waals surface area contributed by atoms with E-state index in [9.17, 15) is 5.11 Å². The Hall–Kier alpha value is -0.160. The fraction of sp³-hybridized carbons (Fsp3) is 1.00. The molecule has 21 heavy (non-hydrogen) atoms. The van der Waals surface area contributed by atoms with E-state index in [0.717, 1.165) is 32.5 Å². The monoisotopic (exact) mass is 296 g/mol. The highest BCUT2D eigenvalue weighted by Gasteiger charge is 2.45. The molecule has 2 aliphatic carbocycles. The Morgan fingerprint density at radius 3 is 2.90 bits per heavy atom. The number of ether oxygens (including phenoxy) is 1. The minimum absolute atomic E-state index is 0.0254. The van der Waals surface area contributed by atoms with E-state index in [1.54, 1.807) is 0 Å². The lowest BCUT2D eigenvalue weighted by atomic mass is 9.85. The van der Waals surface area contributed by atoms with Crippen LogP contribution in [0.5, 0.6) is 0 Å². The lowest BCUT2D eigenvalue weighted by Crippen LogP contribution is -2.53. The van der Waals surface area contributed by atoms with Gasteiger partial charge >= 0.3 is 0 Å². The molecular weight excluding hydrogens is 264 g/mol. The summed E-state index contributed by atoms with van der Waals surface area (Å²) in [7, 11) is 0. The molecule has 0 aromatic heterocycles. The first-order valence-electron chi connectivity index (χ1n) is 8.98. The fourth-order valence-corrected chi connectivity index (χ4v) is 4.21. The topological polar surface area (TPSA) is 44.7 Å². The van der Waals surface area contributed by atoms with Gasteiger partial charge in [0.25, 0.3) is 0 Å². The number of nitrogens with one attached hydrogen (secondary N) is 1. The Bertz CT molecular complexity index is 335. The number of morpholine rings is 1. The summed E-state index contributed by atoms with van der Waals surface area (Å²) in [6, 6.07) is 0.686. The largest absolute Gasteiger partial charge is 0.394 e. The Morgan fingerprint density at radius 1 is 1.33 bits per heavy atom. The third kappa shape index (κ3) is 3.79. The molecule has 0 amide bonds. The highest BCUT2D eigenvalue weighted by molar-refractivity contribution is 5.03. The van der Waals surface area contributed by atoms with Crippen molar-refractivity contribution in [3.8, 4) is 0 Å². The molecule has 2 saturated carbocycles. The molecule has 0 radical (unpaired) electrons. The number of aliphatic hydroxyl groups excluding tert-OH is 1. The van der Waals surface area contributed by atoms with E-state index < -0.39 is 0 Å². The Morgan fingerprint density at radius 2 is 2.19 bits per heavy atom. The van der Waals surface area contributed by atoms with Crippen LogP contribution in [0.2, 0.25) is 0 Å². The van der Waals surface area contributed by atoms with Gasteiger partial charge in [-0.25, -0.2) is 0 Å². The van der Waals surface area contributed by atoms with E-state index in [1.807, 2.05) is 0 Å². The highest BCUT2D eigenvalue weighted by atomic mass is 16.5. The van der Waals surface area contributed by atoms with Gasteiger partial charge in [0.1, 0.15) is 0 Å². The van der Waals surface area contributed by atoms with Crippen LogP contribution >= 0.6 is 0 Å². The van der Waals surface area contributed by atoms with Crippen LogP contribution in [-0.4, -0.2) is 60.5 Å². The summed E-state index contributed by atoms with van der Waals surface area (Å²) in [4.78, 5) is 2.56. The van der Waals surface area contributed by atoms with E-state index in [0.29, 0.717) is 24.7 Å². The first kappa shape index (κ1) is 15.7. The molecule has 0 aromatic carbocycles. The summed E-state index contributed by atoms with van der Waals surface area (Å²) in [6.45, 7) is 6.74. The van der Waals surface area contributed by atoms with Crippen LogP contribution in [0.25, 0.3) is 0 Å². The average molecular weight is 296 g/mol. The van der Waals surface area contributed by atoms with E-state index in [1.165, 1.54) is 38.6 Å². The number of aliphatic hydroxyl groups is 1. The molecule has 3 fully saturated rings. The zero-order valence-electron chi connectivity index (χ0n) is 13.5. The van der Waals surface area contributed by atoms with Gasteiger partial charge in [-0.2, -0.15) is 0 Å². The molecule has 2 N–H and O–H groups in total. The summed E-state index contributed by atoms with van der Waals surface area (Å²) in [5, 5.41) is 13.8. The van der Waals surface area contributed by atoms with Crippen molar-refractivity contribution in [3.05, 3.63) is 0 Å². The first-order chi connectivity index (χ1) is 10.3. The SMILES string of the molecule is CCC1CN(CCC2CCCC2(CO)NC2CC2)CCO1. The van der Waals surface area contributed by atoms with Gasteiger partial charge in [-0.3, -0.25) is 4.90 Å². The number of nitrogens with zero attached hydrogens (tertiary/aromatic N) is 1. The van der Waals surface area contributed by atoms with E-state index in [-0.39, 0.29) is 5.54 Å². The molecule has 4 nitrogen and oxygen atoms in total. The van der Waals surface area contributed by atoms with Crippen molar-refractivity contribution < 1.29 is 9.84 Å². The molecule has 0 bridgehead atoms. The molecule has 122 valence electrons. The zero-order chi connectivity index (χ0) is 14.7.